The molecular weight excluding hydrogens is 581 g/mol. The van der Waals surface area contributed by atoms with Crippen LogP contribution in [0, 0.1) is 25.1 Å². The maximum atomic E-state index is 13.7. The van der Waals surface area contributed by atoms with Crippen molar-refractivity contribution in [3.8, 4) is 11.1 Å². The average Bonchev–Trinajstić information content (AvgIpc) is 2.98. The lowest BCUT2D eigenvalue weighted by atomic mass is 9.81. The van der Waals surface area contributed by atoms with Gasteiger partial charge in [-0.15, -0.1) is 0 Å². The van der Waals surface area contributed by atoms with E-state index in [0.717, 1.165) is 66.9 Å². The van der Waals surface area contributed by atoms with Gasteiger partial charge in [-0.1, -0.05) is 32.0 Å². The van der Waals surface area contributed by atoms with Gasteiger partial charge in [-0.05, 0) is 94.2 Å². The van der Waals surface area contributed by atoms with Gasteiger partial charge in [-0.2, -0.15) is 0 Å². The number of aromatic nitrogens is 3. The molecule has 4 aromatic rings. The number of carboxylic acids is 1. The summed E-state index contributed by atoms with van der Waals surface area (Å²) in [5.41, 5.74) is 7.84. The van der Waals surface area contributed by atoms with Gasteiger partial charge in [0.15, 0.2) is 6.10 Å². The van der Waals surface area contributed by atoms with Crippen LogP contribution in [0.1, 0.15) is 81.6 Å². The first-order valence-electron chi connectivity index (χ1n) is 16.2. The predicted molar refractivity (Wildman–Crippen MR) is 180 cm³/mol. The smallest absolute Gasteiger partial charge is 0.337 e. The number of benzene rings is 2. The summed E-state index contributed by atoms with van der Waals surface area (Å²) in [7, 11) is 0. The standard InChI is InChI=1S/C37H44FN5O3/c1-22-30(32(42-16-13-37(6,7)14-17-42)31(23(2)40-22)33(34(44)45)46-36(3,4)5)25-8-9-26-21-43(15-12-24(26)18-25)35-39-20-27-19-28(38)10-11-29(27)41-35/h8-11,18-20,33H,12-17,21H2,1-7H3,(H,44,45)/t33-/m0/s1. The highest BCUT2D eigenvalue weighted by atomic mass is 19.1. The van der Waals surface area contributed by atoms with Crippen molar-refractivity contribution in [1.29, 1.82) is 0 Å². The van der Waals surface area contributed by atoms with Crippen LogP contribution >= 0.6 is 0 Å². The lowest BCUT2D eigenvalue weighted by Gasteiger charge is -2.41. The van der Waals surface area contributed by atoms with Crippen molar-refractivity contribution >= 4 is 28.5 Å². The van der Waals surface area contributed by atoms with Crippen LogP contribution < -0.4 is 9.80 Å². The number of aliphatic carboxylic acids is 1. The lowest BCUT2D eigenvalue weighted by molar-refractivity contribution is -0.160. The van der Waals surface area contributed by atoms with Crippen molar-refractivity contribution < 1.29 is 19.0 Å². The molecule has 6 rings (SSSR count). The van der Waals surface area contributed by atoms with E-state index in [1.54, 1.807) is 12.3 Å². The number of nitrogens with zero attached hydrogens (tertiary/aromatic N) is 5. The molecule has 1 N–H and O–H groups in total. The zero-order valence-corrected chi connectivity index (χ0v) is 27.9. The van der Waals surface area contributed by atoms with E-state index in [4.69, 9.17) is 14.7 Å². The molecule has 0 bridgehead atoms. The fraction of sp³-hybridized carbons (Fsp3) is 0.459. The molecule has 0 radical (unpaired) electrons. The van der Waals surface area contributed by atoms with Gasteiger partial charge in [0.2, 0.25) is 5.95 Å². The van der Waals surface area contributed by atoms with Gasteiger partial charge in [0, 0.05) is 60.3 Å². The summed E-state index contributed by atoms with van der Waals surface area (Å²) in [6, 6.07) is 11.1. The fourth-order valence-electron chi connectivity index (χ4n) is 6.78. The van der Waals surface area contributed by atoms with Crippen LogP contribution in [0.2, 0.25) is 0 Å². The maximum absolute atomic E-state index is 13.7. The Morgan fingerprint density at radius 3 is 2.41 bits per heavy atom. The van der Waals surface area contributed by atoms with Crippen molar-refractivity contribution in [3.63, 3.8) is 0 Å². The van der Waals surface area contributed by atoms with Crippen molar-refractivity contribution in [2.45, 2.75) is 86.0 Å². The van der Waals surface area contributed by atoms with Gasteiger partial charge >= 0.3 is 5.97 Å². The number of carbonyl (C=O) groups is 1. The minimum atomic E-state index is -1.15. The number of halogens is 1. The van der Waals surface area contributed by atoms with Gasteiger partial charge in [-0.3, -0.25) is 4.98 Å². The summed E-state index contributed by atoms with van der Waals surface area (Å²) in [5, 5.41) is 11.2. The van der Waals surface area contributed by atoms with Crippen LogP contribution in [0.5, 0.6) is 0 Å². The Kier molecular flexibility index (Phi) is 8.25. The summed E-state index contributed by atoms with van der Waals surface area (Å²) < 4.78 is 19.9. The second-order valence-electron chi connectivity index (χ2n) is 14.5. The number of anilines is 2. The number of hydrogen-bond donors (Lipinski definition) is 1. The Morgan fingerprint density at radius 2 is 1.72 bits per heavy atom. The Morgan fingerprint density at radius 1 is 0.978 bits per heavy atom. The van der Waals surface area contributed by atoms with E-state index in [1.807, 2.05) is 34.6 Å². The first kappa shape index (κ1) is 31.9. The van der Waals surface area contributed by atoms with Crippen molar-refractivity contribution in [3.05, 3.63) is 76.5 Å². The molecule has 2 aromatic heterocycles. The Bertz CT molecular complexity index is 1810. The molecule has 9 heteroatoms. The molecule has 0 aliphatic carbocycles. The third kappa shape index (κ3) is 6.43. The molecule has 4 heterocycles. The topological polar surface area (TPSA) is 91.7 Å². The number of fused-ring (bicyclic) bond motifs is 2. The van der Waals surface area contributed by atoms with Gasteiger partial charge < -0.3 is 19.6 Å². The minimum absolute atomic E-state index is 0.227. The Balaban J connectivity index is 1.41. The molecule has 242 valence electrons. The second-order valence-corrected chi connectivity index (χ2v) is 14.5. The van der Waals surface area contributed by atoms with Crippen LogP contribution in [-0.2, 0) is 22.5 Å². The van der Waals surface area contributed by atoms with E-state index in [-0.39, 0.29) is 11.2 Å². The van der Waals surface area contributed by atoms with Crippen LogP contribution in [0.4, 0.5) is 16.0 Å². The van der Waals surface area contributed by atoms with Crippen molar-refractivity contribution in [1.82, 2.24) is 15.0 Å². The van der Waals surface area contributed by atoms with E-state index < -0.39 is 17.7 Å². The van der Waals surface area contributed by atoms with Crippen LogP contribution in [0.3, 0.4) is 0 Å². The van der Waals surface area contributed by atoms with E-state index in [0.29, 0.717) is 29.1 Å². The zero-order chi connectivity index (χ0) is 33.0. The van der Waals surface area contributed by atoms with Crippen molar-refractivity contribution in [2.75, 3.05) is 29.4 Å². The molecule has 0 saturated carbocycles. The highest BCUT2D eigenvalue weighted by Gasteiger charge is 2.36. The quantitative estimate of drug-likeness (QED) is 0.235. The van der Waals surface area contributed by atoms with Gasteiger partial charge in [0.1, 0.15) is 5.82 Å². The maximum Gasteiger partial charge on any atom is 0.337 e. The molecular formula is C37H44FN5O3. The van der Waals surface area contributed by atoms with Crippen molar-refractivity contribution in [2.24, 2.45) is 5.41 Å². The van der Waals surface area contributed by atoms with Gasteiger partial charge in [-0.25, -0.2) is 19.2 Å². The third-order valence-electron chi connectivity index (χ3n) is 9.29. The number of hydrogen-bond acceptors (Lipinski definition) is 7. The summed E-state index contributed by atoms with van der Waals surface area (Å²) >= 11 is 0. The molecule has 1 saturated heterocycles. The highest BCUT2D eigenvalue weighted by molar-refractivity contribution is 5.88. The normalized spacial score (nSPS) is 17.2. The van der Waals surface area contributed by atoms with Crippen LogP contribution in [0.25, 0.3) is 22.0 Å². The van der Waals surface area contributed by atoms with Crippen LogP contribution in [0.15, 0.2) is 42.6 Å². The van der Waals surface area contributed by atoms with E-state index in [9.17, 15) is 14.3 Å². The Labute approximate surface area is 270 Å². The summed E-state index contributed by atoms with van der Waals surface area (Å²) in [4.78, 5) is 31.5. The van der Waals surface area contributed by atoms with E-state index in [1.165, 1.54) is 23.3 Å². The molecule has 1 atom stereocenters. The number of rotatable bonds is 6. The number of carboxylic acid groups (broad SMARTS) is 1. The fourth-order valence-corrected chi connectivity index (χ4v) is 6.78. The summed E-state index contributed by atoms with van der Waals surface area (Å²) in [6.07, 6.45) is 3.35. The lowest BCUT2D eigenvalue weighted by Crippen LogP contribution is -2.39. The van der Waals surface area contributed by atoms with Gasteiger partial charge in [0.05, 0.1) is 16.8 Å². The molecule has 0 amide bonds. The molecule has 2 aromatic carbocycles. The number of ether oxygens (including phenoxy) is 1. The minimum Gasteiger partial charge on any atom is -0.479 e. The molecule has 8 nitrogen and oxygen atoms in total. The Hall–Kier alpha value is -4.11. The second kappa shape index (κ2) is 11.9. The molecule has 46 heavy (non-hydrogen) atoms. The average molecular weight is 626 g/mol. The number of piperidine rings is 1. The van der Waals surface area contributed by atoms with E-state index in [2.05, 4.69) is 46.8 Å². The van der Waals surface area contributed by atoms with E-state index >= 15 is 0 Å². The summed E-state index contributed by atoms with van der Waals surface area (Å²) in [5.74, 6) is -0.684. The SMILES string of the molecule is Cc1nc(C)c([C@H](OC(C)(C)C)C(=O)O)c(N2CCC(C)(C)CC2)c1-c1ccc2c(c1)CCN(c1ncc3cc(F)ccc3n1)C2. The largest absolute Gasteiger partial charge is 0.479 e. The number of pyridine rings is 1. The molecule has 1 fully saturated rings. The molecule has 2 aliphatic rings. The first-order valence-corrected chi connectivity index (χ1v) is 16.2. The predicted octanol–water partition coefficient (Wildman–Crippen LogP) is 7.58. The van der Waals surface area contributed by atoms with Crippen LogP contribution in [-0.4, -0.2) is 51.3 Å². The summed E-state index contributed by atoms with van der Waals surface area (Å²) in [6.45, 7) is 17.2. The molecule has 0 spiro atoms. The zero-order valence-electron chi connectivity index (χ0n) is 27.9. The first-order chi connectivity index (χ1) is 21.7. The highest BCUT2D eigenvalue weighted by Crippen LogP contribution is 2.45. The monoisotopic (exact) mass is 625 g/mol. The van der Waals surface area contributed by atoms with Gasteiger partial charge in [0.25, 0.3) is 0 Å². The molecule has 2 aliphatic heterocycles. The third-order valence-corrected chi connectivity index (χ3v) is 9.29. The number of aryl methyl sites for hydroxylation is 2. The molecule has 0 unspecified atom stereocenters.